The van der Waals surface area contributed by atoms with Crippen LogP contribution in [-0.4, -0.2) is 17.6 Å². The Morgan fingerprint density at radius 2 is 2.15 bits per heavy atom. The summed E-state index contributed by atoms with van der Waals surface area (Å²) in [6.45, 7) is 2.13. The molecule has 1 heterocycles. The van der Waals surface area contributed by atoms with Crippen LogP contribution in [0.25, 0.3) is 0 Å². The van der Waals surface area contributed by atoms with Gasteiger partial charge in [-0.15, -0.1) is 11.8 Å². The van der Waals surface area contributed by atoms with Crippen LogP contribution in [0, 0.1) is 0 Å². The van der Waals surface area contributed by atoms with Gasteiger partial charge >= 0.3 is 0 Å². The maximum Gasteiger partial charge on any atom is 0.264 e. The molecule has 0 spiro atoms. The van der Waals surface area contributed by atoms with Gasteiger partial charge in [0.2, 0.25) is 0 Å². The van der Waals surface area contributed by atoms with Gasteiger partial charge in [0.1, 0.15) is 0 Å². The molecule has 0 fully saturated rings. The minimum atomic E-state index is -0.289. The van der Waals surface area contributed by atoms with E-state index in [1.165, 1.54) is 30.7 Å². The Labute approximate surface area is 82.0 Å². The van der Waals surface area contributed by atoms with Gasteiger partial charge in [-0.1, -0.05) is 19.8 Å². The molecular weight excluding hydrogens is 186 g/mol. The van der Waals surface area contributed by atoms with E-state index in [9.17, 15) is 9.59 Å². The molecule has 0 aliphatic carbocycles. The van der Waals surface area contributed by atoms with Gasteiger partial charge in [0.25, 0.3) is 11.8 Å². The van der Waals surface area contributed by atoms with Gasteiger partial charge in [-0.05, 0) is 12.2 Å². The molecule has 0 saturated heterocycles. The number of nitrogens with one attached hydrogen (secondary N) is 1. The average Bonchev–Trinajstić information content (AvgIpc) is 2.39. The number of imide groups is 1. The highest BCUT2D eigenvalue weighted by molar-refractivity contribution is 8.04. The van der Waals surface area contributed by atoms with Crippen molar-refractivity contribution in [2.45, 2.75) is 26.2 Å². The lowest BCUT2D eigenvalue weighted by Crippen LogP contribution is -2.21. The molecule has 0 radical (unpaired) electrons. The lowest BCUT2D eigenvalue weighted by molar-refractivity contribution is -0.123. The van der Waals surface area contributed by atoms with Gasteiger partial charge < -0.3 is 0 Å². The molecule has 0 aromatic carbocycles. The number of hydrogen-bond acceptors (Lipinski definition) is 3. The topological polar surface area (TPSA) is 46.2 Å². The van der Waals surface area contributed by atoms with E-state index in [-0.39, 0.29) is 11.8 Å². The maximum atomic E-state index is 11.0. The van der Waals surface area contributed by atoms with Gasteiger partial charge in [-0.25, -0.2) is 0 Å². The van der Waals surface area contributed by atoms with Crippen LogP contribution >= 0.6 is 11.8 Å². The summed E-state index contributed by atoms with van der Waals surface area (Å²) >= 11 is 1.46. The molecule has 0 saturated carbocycles. The largest absolute Gasteiger partial charge is 0.288 e. The molecule has 0 unspecified atom stereocenters. The molecule has 0 atom stereocenters. The number of unbranched alkanes of at least 4 members (excludes halogenated alkanes) is 2. The number of rotatable bonds is 5. The number of carbonyl (C=O) groups is 2. The quantitative estimate of drug-likeness (QED) is 0.538. The predicted octanol–water partition coefficient (Wildman–Crippen LogP) is 1.45. The summed E-state index contributed by atoms with van der Waals surface area (Å²) in [5, 5.41) is 2.22. The molecule has 1 aliphatic rings. The van der Waals surface area contributed by atoms with E-state index >= 15 is 0 Å². The smallest absolute Gasteiger partial charge is 0.264 e. The van der Waals surface area contributed by atoms with E-state index in [2.05, 4.69) is 12.2 Å². The Hall–Kier alpha value is -0.770. The molecule has 13 heavy (non-hydrogen) atoms. The van der Waals surface area contributed by atoms with Crippen LogP contribution in [-0.2, 0) is 9.59 Å². The van der Waals surface area contributed by atoms with E-state index in [1.807, 2.05) is 0 Å². The minimum absolute atomic E-state index is 0.244. The molecule has 1 aliphatic heterocycles. The monoisotopic (exact) mass is 199 g/mol. The molecule has 3 nitrogen and oxygen atoms in total. The van der Waals surface area contributed by atoms with Crippen LogP contribution in [0.1, 0.15) is 26.2 Å². The highest BCUT2D eigenvalue weighted by Gasteiger charge is 2.20. The molecule has 1 rings (SSSR count). The number of hydrogen-bond donors (Lipinski definition) is 1. The van der Waals surface area contributed by atoms with Crippen LogP contribution in [0.5, 0.6) is 0 Å². The van der Waals surface area contributed by atoms with E-state index in [0.717, 1.165) is 12.2 Å². The molecule has 0 aromatic rings. The summed E-state index contributed by atoms with van der Waals surface area (Å²) < 4.78 is 0. The first-order valence-corrected chi connectivity index (χ1v) is 5.42. The maximum absolute atomic E-state index is 11.0. The van der Waals surface area contributed by atoms with Crippen molar-refractivity contribution in [3.05, 3.63) is 11.0 Å². The fraction of sp³-hybridized carbons (Fsp3) is 0.556. The van der Waals surface area contributed by atoms with Crippen molar-refractivity contribution < 1.29 is 9.59 Å². The fourth-order valence-electron chi connectivity index (χ4n) is 1.04. The minimum Gasteiger partial charge on any atom is -0.288 e. The highest BCUT2D eigenvalue weighted by atomic mass is 32.2. The van der Waals surface area contributed by atoms with Gasteiger partial charge in [0, 0.05) is 6.08 Å². The molecule has 0 bridgehead atoms. The summed E-state index contributed by atoms with van der Waals surface area (Å²) in [5.74, 6) is 0.384. The number of amides is 2. The predicted molar refractivity (Wildman–Crippen MR) is 53.2 cm³/mol. The second-order valence-corrected chi connectivity index (χ2v) is 4.02. The van der Waals surface area contributed by atoms with Crippen molar-refractivity contribution in [1.82, 2.24) is 5.32 Å². The van der Waals surface area contributed by atoms with Crippen molar-refractivity contribution >= 4 is 23.6 Å². The lowest BCUT2D eigenvalue weighted by Gasteiger charge is -1.98. The van der Waals surface area contributed by atoms with Gasteiger partial charge in [0.15, 0.2) is 0 Å². The first-order valence-electron chi connectivity index (χ1n) is 4.44. The Bertz CT molecular complexity index is 248. The third kappa shape index (κ3) is 3.22. The van der Waals surface area contributed by atoms with Gasteiger partial charge in [-0.2, -0.15) is 0 Å². The standard InChI is InChI=1S/C9H13NO2S/c1-2-3-4-5-13-7-6-8(11)10-9(7)12/h6H,2-5H2,1H3,(H,10,11,12). The molecule has 4 heteroatoms. The van der Waals surface area contributed by atoms with Crippen molar-refractivity contribution in [3.8, 4) is 0 Å². The molecular formula is C9H13NO2S. The number of thioether (sulfide) groups is 1. The summed E-state index contributed by atoms with van der Waals surface area (Å²) in [6.07, 6.45) is 4.82. The van der Waals surface area contributed by atoms with Crippen molar-refractivity contribution in [1.29, 1.82) is 0 Å². The Morgan fingerprint density at radius 3 is 2.69 bits per heavy atom. The molecule has 0 aromatic heterocycles. The zero-order valence-corrected chi connectivity index (χ0v) is 8.45. The van der Waals surface area contributed by atoms with E-state index < -0.39 is 0 Å². The summed E-state index contributed by atoms with van der Waals surface area (Å²) in [6, 6.07) is 0. The van der Waals surface area contributed by atoms with Gasteiger partial charge in [0.05, 0.1) is 4.91 Å². The summed E-state index contributed by atoms with van der Waals surface area (Å²) in [7, 11) is 0. The molecule has 1 N–H and O–H groups in total. The average molecular weight is 199 g/mol. The zero-order valence-electron chi connectivity index (χ0n) is 7.63. The van der Waals surface area contributed by atoms with E-state index in [0.29, 0.717) is 4.91 Å². The third-order valence-electron chi connectivity index (χ3n) is 1.73. The summed E-state index contributed by atoms with van der Waals surface area (Å²) in [4.78, 5) is 22.3. The molecule has 72 valence electrons. The Morgan fingerprint density at radius 1 is 1.38 bits per heavy atom. The van der Waals surface area contributed by atoms with Crippen molar-refractivity contribution in [2.24, 2.45) is 0 Å². The zero-order chi connectivity index (χ0) is 9.68. The van der Waals surface area contributed by atoms with Gasteiger partial charge in [-0.3, -0.25) is 14.9 Å². The van der Waals surface area contributed by atoms with E-state index in [4.69, 9.17) is 0 Å². The van der Waals surface area contributed by atoms with Crippen LogP contribution in [0.3, 0.4) is 0 Å². The second-order valence-electron chi connectivity index (χ2n) is 2.88. The highest BCUT2D eigenvalue weighted by Crippen LogP contribution is 2.20. The third-order valence-corrected chi connectivity index (χ3v) is 2.84. The van der Waals surface area contributed by atoms with Crippen LogP contribution < -0.4 is 5.32 Å². The van der Waals surface area contributed by atoms with Crippen LogP contribution in [0.15, 0.2) is 11.0 Å². The molecule has 2 amide bonds. The second kappa shape index (κ2) is 5.07. The van der Waals surface area contributed by atoms with Crippen molar-refractivity contribution in [3.63, 3.8) is 0 Å². The fourth-order valence-corrected chi connectivity index (χ4v) is 1.98. The Kier molecular flexibility index (Phi) is 4.02. The normalized spacial score (nSPS) is 15.9. The lowest BCUT2D eigenvalue weighted by atomic mass is 10.3. The number of carbonyl (C=O) groups excluding carboxylic acids is 2. The Balaban J connectivity index is 2.25. The van der Waals surface area contributed by atoms with Crippen LogP contribution in [0.4, 0.5) is 0 Å². The summed E-state index contributed by atoms with van der Waals surface area (Å²) in [5.41, 5.74) is 0. The van der Waals surface area contributed by atoms with Crippen LogP contribution in [0.2, 0.25) is 0 Å². The SMILES string of the molecule is CCCCCSC1=CC(=O)NC1=O. The first-order chi connectivity index (χ1) is 6.24. The van der Waals surface area contributed by atoms with E-state index in [1.54, 1.807) is 0 Å². The van der Waals surface area contributed by atoms with Crippen molar-refractivity contribution in [2.75, 3.05) is 5.75 Å². The first kappa shape index (κ1) is 10.3.